The van der Waals surface area contributed by atoms with Gasteiger partial charge in [0, 0.05) is 10.5 Å². The maximum absolute atomic E-state index is 11.7. The molecule has 1 aromatic carbocycles. The van der Waals surface area contributed by atoms with E-state index in [9.17, 15) is 4.79 Å². The van der Waals surface area contributed by atoms with E-state index >= 15 is 0 Å². The molecule has 0 unspecified atom stereocenters. The SMILES string of the molecule is CC#CCC(=O)c1ccccc1SC. The molecule has 0 aromatic heterocycles. The molecule has 0 saturated heterocycles. The minimum atomic E-state index is 0.101. The van der Waals surface area contributed by atoms with Gasteiger partial charge >= 0.3 is 0 Å². The second-order valence-corrected chi connectivity index (χ2v) is 3.58. The molecule has 0 amide bonds. The van der Waals surface area contributed by atoms with Crippen LogP contribution in [0.1, 0.15) is 23.7 Å². The van der Waals surface area contributed by atoms with Crippen LogP contribution in [0.25, 0.3) is 0 Å². The Kier molecular flexibility index (Phi) is 4.28. The number of carbonyl (C=O) groups is 1. The third-order valence-corrected chi connectivity index (χ3v) is 2.63. The molecule has 0 atom stereocenters. The first-order valence-corrected chi connectivity index (χ1v) is 5.58. The summed E-state index contributed by atoms with van der Waals surface area (Å²) >= 11 is 1.59. The molecule has 0 fully saturated rings. The quantitative estimate of drug-likeness (QED) is 0.428. The van der Waals surface area contributed by atoms with Gasteiger partial charge in [-0.05, 0) is 19.2 Å². The Labute approximate surface area is 88.9 Å². The fourth-order valence-electron chi connectivity index (χ4n) is 1.14. The van der Waals surface area contributed by atoms with Crippen molar-refractivity contribution in [1.29, 1.82) is 0 Å². The van der Waals surface area contributed by atoms with Crippen molar-refractivity contribution in [3.05, 3.63) is 29.8 Å². The highest BCUT2D eigenvalue weighted by Crippen LogP contribution is 2.20. The third kappa shape index (κ3) is 2.65. The normalized spacial score (nSPS) is 9.00. The van der Waals surface area contributed by atoms with Crippen molar-refractivity contribution in [3.63, 3.8) is 0 Å². The molecule has 0 aliphatic heterocycles. The van der Waals surface area contributed by atoms with Crippen LogP contribution in [0.3, 0.4) is 0 Å². The average Bonchev–Trinajstić information content (AvgIpc) is 2.25. The molecule has 0 saturated carbocycles. The summed E-state index contributed by atoms with van der Waals surface area (Å²) in [4.78, 5) is 12.7. The predicted molar refractivity (Wildman–Crippen MR) is 60.6 cm³/mol. The lowest BCUT2D eigenvalue weighted by atomic mass is 10.1. The summed E-state index contributed by atoms with van der Waals surface area (Å²) in [7, 11) is 0. The Morgan fingerprint density at radius 1 is 1.43 bits per heavy atom. The van der Waals surface area contributed by atoms with Crippen molar-refractivity contribution in [2.24, 2.45) is 0 Å². The highest BCUT2D eigenvalue weighted by Gasteiger charge is 2.08. The first-order valence-electron chi connectivity index (χ1n) is 4.35. The zero-order valence-corrected chi connectivity index (χ0v) is 9.15. The van der Waals surface area contributed by atoms with Crippen LogP contribution in [-0.4, -0.2) is 12.0 Å². The summed E-state index contributed by atoms with van der Waals surface area (Å²) in [6.07, 6.45) is 2.28. The van der Waals surface area contributed by atoms with Crippen molar-refractivity contribution in [1.82, 2.24) is 0 Å². The van der Waals surface area contributed by atoms with Crippen molar-refractivity contribution in [3.8, 4) is 11.8 Å². The molecule has 72 valence electrons. The lowest BCUT2D eigenvalue weighted by Gasteiger charge is -2.03. The summed E-state index contributed by atoms with van der Waals surface area (Å²) in [5.74, 6) is 5.62. The van der Waals surface area contributed by atoms with E-state index in [4.69, 9.17) is 0 Å². The first kappa shape index (κ1) is 10.9. The van der Waals surface area contributed by atoms with Crippen LogP contribution >= 0.6 is 11.8 Å². The van der Waals surface area contributed by atoms with Gasteiger partial charge < -0.3 is 0 Å². The Balaban J connectivity index is 2.92. The van der Waals surface area contributed by atoms with E-state index in [0.29, 0.717) is 6.42 Å². The molecule has 0 N–H and O–H groups in total. The van der Waals surface area contributed by atoms with E-state index in [2.05, 4.69) is 11.8 Å². The largest absolute Gasteiger partial charge is 0.293 e. The number of hydrogen-bond donors (Lipinski definition) is 0. The van der Waals surface area contributed by atoms with Gasteiger partial charge in [0.2, 0.25) is 0 Å². The third-order valence-electron chi connectivity index (χ3n) is 1.83. The van der Waals surface area contributed by atoms with Gasteiger partial charge in [-0.3, -0.25) is 4.79 Å². The summed E-state index contributed by atoms with van der Waals surface area (Å²) in [6.45, 7) is 1.74. The Bertz CT molecular complexity index is 385. The maximum atomic E-state index is 11.7. The zero-order chi connectivity index (χ0) is 10.4. The molecular weight excluding hydrogens is 192 g/mol. The summed E-state index contributed by atoms with van der Waals surface area (Å²) < 4.78 is 0. The van der Waals surface area contributed by atoms with E-state index in [1.54, 1.807) is 18.7 Å². The number of carbonyl (C=O) groups excluding carboxylic acids is 1. The lowest BCUT2D eigenvalue weighted by Crippen LogP contribution is -1.99. The van der Waals surface area contributed by atoms with Gasteiger partial charge in [-0.1, -0.05) is 24.1 Å². The summed E-state index contributed by atoms with van der Waals surface area (Å²) in [5.41, 5.74) is 0.780. The average molecular weight is 204 g/mol. The van der Waals surface area contributed by atoms with Gasteiger partial charge in [-0.2, -0.15) is 0 Å². The highest BCUT2D eigenvalue weighted by atomic mass is 32.2. The molecule has 0 radical (unpaired) electrons. The van der Waals surface area contributed by atoms with Crippen LogP contribution in [0.2, 0.25) is 0 Å². The van der Waals surface area contributed by atoms with Crippen LogP contribution in [0, 0.1) is 11.8 Å². The number of benzene rings is 1. The van der Waals surface area contributed by atoms with Crippen LogP contribution in [0.4, 0.5) is 0 Å². The molecule has 2 heteroatoms. The summed E-state index contributed by atoms with van der Waals surface area (Å²) in [5, 5.41) is 0. The van der Waals surface area contributed by atoms with Crippen molar-refractivity contribution in [2.75, 3.05) is 6.26 Å². The smallest absolute Gasteiger partial charge is 0.175 e. The predicted octanol–water partition coefficient (Wildman–Crippen LogP) is 3.00. The van der Waals surface area contributed by atoms with Crippen molar-refractivity contribution in [2.45, 2.75) is 18.2 Å². The van der Waals surface area contributed by atoms with Gasteiger partial charge in [0.15, 0.2) is 5.78 Å². The van der Waals surface area contributed by atoms with Gasteiger partial charge in [-0.25, -0.2) is 0 Å². The number of ketones is 1. The highest BCUT2D eigenvalue weighted by molar-refractivity contribution is 7.98. The van der Waals surface area contributed by atoms with E-state index in [1.807, 2.05) is 30.5 Å². The second-order valence-electron chi connectivity index (χ2n) is 2.73. The minimum absolute atomic E-state index is 0.101. The van der Waals surface area contributed by atoms with Crippen molar-refractivity contribution >= 4 is 17.5 Å². The molecular formula is C12H12OS. The van der Waals surface area contributed by atoms with Crippen LogP contribution in [-0.2, 0) is 0 Å². The number of hydrogen-bond acceptors (Lipinski definition) is 2. The Morgan fingerprint density at radius 3 is 2.79 bits per heavy atom. The molecule has 0 aliphatic rings. The lowest BCUT2D eigenvalue weighted by molar-refractivity contribution is 0.0995. The minimum Gasteiger partial charge on any atom is -0.293 e. The van der Waals surface area contributed by atoms with E-state index in [-0.39, 0.29) is 5.78 Å². The van der Waals surface area contributed by atoms with Gasteiger partial charge in [0.25, 0.3) is 0 Å². The number of thioether (sulfide) groups is 1. The molecule has 1 aromatic rings. The van der Waals surface area contributed by atoms with Crippen LogP contribution < -0.4 is 0 Å². The van der Waals surface area contributed by atoms with Crippen LogP contribution in [0.15, 0.2) is 29.2 Å². The zero-order valence-electron chi connectivity index (χ0n) is 8.33. The fourth-order valence-corrected chi connectivity index (χ4v) is 1.76. The Morgan fingerprint density at radius 2 is 2.14 bits per heavy atom. The topological polar surface area (TPSA) is 17.1 Å². The summed E-state index contributed by atoms with van der Waals surface area (Å²) in [6, 6.07) is 7.63. The standard InChI is InChI=1S/C12H12OS/c1-3-4-8-11(13)10-7-5-6-9-12(10)14-2/h5-7,9H,8H2,1-2H3. The Hall–Kier alpha value is -1.20. The second kappa shape index (κ2) is 5.51. The first-order chi connectivity index (χ1) is 6.79. The van der Waals surface area contributed by atoms with E-state index in [0.717, 1.165) is 10.5 Å². The van der Waals surface area contributed by atoms with Crippen LogP contribution in [0.5, 0.6) is 0 Å². The van der Waals surface area contributed by atoms with Crippen molar-refractivity contribution < 1.29 is 4.79 Å². The van der Waals surface area contributed by atoms with Gasteiger partial charge in [-0.15, -0.1) is 17.7 Å². The number of Topliss-reactive ketones (excluding diaryl/α,β-unsaturated/α-hetero) is 1. The maximum Gasteiger partial charge on any atom is 0.175 e. The molecule has 14 heavy (non-hydrogen) atoms. The molecule has 0 bridgehead atoms. The molecule has 1 rings (SSSR count). The number of rotatable bonds is 3. The fraction of sp³-hybridized carbons (Fsp3) is 0.250. The molecule has 0 aliphatic carbocycles. The van der Waals surface area contributed by atoms with Gasteiger partial charge in [0.1, 0.15) is 0 Å². The van der Waals surface area contributed by atoms with E-state index < -0.39 is 0 Å². The molecule has 0 spiro atoms. The van der Waals surface area contributed by atoms with E-state index in [1.165, 1.54) is 0 Å². The molecule has 0 heterocycles. The molecule has 1 nitrogen and oxygen atoms in total. The monoisotopic (exact) mass is 204 g/mol. The van der Waals surface area contributed by atoms with Gasteiger partial charge in [0.05, 0.1) is 6.42 Å².